The van der Waals surface area contributed by atoms with Crippen molar-refractivity contribution in [2.45, 2.75) is 38.3 Å². The van der Waals surface area contributed by atoms with Crippen LogP contribution in [0.25, 0.3) is 0 Å². The summed E-state index contributed by atoms with van der Waals surface area (Å²) in [6.45, 7) is 2.41. The highest BCUT2D eigenvalue weighted by Crippen LogP contribution is 2.30. The molecule has 2 heterocycles. The Morgan fingerprint density at radius 2 is 2.24 bits per heavy atom. The van der Waals surface area contributed by atoms with Crippen molar-refractivity contribution in [3.05, 3.63) is 34.6 Å². The van der Waals surface area contributed by atoms with Gasteiger partial charge in [-0.25, -0.2) is 4.39 Å². The third-order valence-corrected chi connectivity index (χ3v) is 4.97. The molecule has 0 spiro atoms. The van der Waals surface area contributed by atoms with E-state index in [1.165, 1.54) is 18.6 Å². The predicted octanol–water partition coefficient (Wildman–Crippen LogP) is 2.97. The molecule has 2 fully saturated rings. The first kappa shape index (κ1) is 14.8. The van der Waals surface area contributed by atoms with Gasteiger partial charge in [0.15, 0.2) is 0 Å². The quantitative estimate of drug-likeness (QED) is 0.931. The zero-order chi connectivity index (χ0) is 14.8. The molecule has 21 heavy (non-hydrogen) atoms. The van der Waals surface area contributed by atoms with Crippen molar-refractivity contribution in [3.8, 4) is 0 Å². The van der Waals surface area contributed by atoms with Gasteiger partial charge in [0, 0.05) is 36.5 Å². The van der Waals surface area contributed by atoms with E-state index in [2.05, 4.69) is 10.2 Å². The van der Waals surface area contributed by atoms with E-state index < -0.39 is 0 Å². The monoisotopic (exact) mass is 310 g/mol. The molecule has 0 radical (unpaired) electrons. The van der Waals surface area contributed by atoms with E-state index in [0.29, 0.717) is 29.9 Å². The molecule has 3 nitrogen and oxygen atoms in total. The molecule has 2 atom stereocenters. The maximum absolute atomic E-state index is 13.4. The minimum atomic E-state index is -0.249. The second-order valence-electron chi connectivity index (χ2n) is 6.04. The lowest BCUT2D eigenvalue weighted by atomic mass is 9.89. The molecule has 1 aromatic carbocycles. The molecule has 0 unspecified atom stereocenters. The number of carbonyl (C=O) groups excluding carboxylic acids is 1. The fraction of sp³-hybridized carbons (Fsp3) is 0.562. The molecule has 3 rings (SSSR count). The van der Waals surface area contributed by atoms with Gasteiger partial charge in [0.2, 0.25) is 5.91 Å². The average molecular weight is 311 g/mol. The Balaban J connectivity index is 1.75. The summed E-state index contributed by atoms with van der Waals surface area (Å²) in [7, 11) is 0. The second kappa shape index (κ2) is 6.32. The first-order valence-corrected chi connectivity index (χ1v) is 7.96. The minimum Gasteiger partial charge on any atom is -0.356 e. The van der Waals surface area contributed by atoms with Crippen LogP contribution in [0.15, 0.2) is 18.2 Å². The topological polar surface area (TPSA) is 32.3 Å². The van der Waals surface area contributed by atoms with Crippen molar-refractivity contribution >= 4 is 17.5 Å². The lowest BCUT2D eigenvalue weighted by Crippen LogP contribution is -2.44. The maximum atomic E-state index is 13.4. The van der Waals surface area contributed by atoms with Crippen molar-refractivity contribution in [2.24, 2.45) is 5.92 Å². The summed E-state index contributed by atoms with van der Waals surface area (Å²) in [5.74, 6) is 0.264. The molecular weight excluding hydrogens is 291 g/mol. The molecule has 2 aliphatic rings. The van der Waals surface area contributed by atoms with Crippen LogP contribution in [0, 0.1) is 11.7 Å². The van der Waals surface area contributed by atoms with Crippen LogP contribution in [0.5, 0.6) is 0 Å². The Labute approximate surface area is 129 Å². The highest BCUT2D eigenvalue weighted by Gasteiger charge is 2.34. The molecule has 1 aromatic rings. The predicted molar refractivity (Wildman–Crippen MR) is 80.6 cm³/mol. The summed E-state index contributed by atoms with van der Waals surface area (Å²) in [5, 5.41) is 3.53. The number of hydrogen-bond acceptors (Lipinski definition) is 2. The third kappa shape index (κ3) is 3.38. The van der Waals surface area contributed by atoms with Crippen LogP contribution in [0.4, 0.5) is 4.39 Å². The summed E-state index contributed by atoms with van der Waals surface area (Å²) >= 11 is 6.19. The van der Waals surface area contributed by atoms with Crippen LogP contribution >= 0.6 is 11.6 Å². The van der Waals surface area contributed by atoms with Crippen LogP contribution in [-0.4, -0.2) is 29.9 Å². The van der Waals surface area contributed by atoms with E-state index in [1.54, 1.807) is 6.07 Å². The Morgan fingerprint density at radius 1 is 1.38 bits per heavy atom. The number of nitrogens with zero attached hydrogens (tertiary/aromatic N) is 1. The summed E-state index contributed by atoms with van der Waals surface area (Å²) in [4.78, 5) is 13.8. The minimum absolute atomic E-state index is 0.148. The summed E-state index contributed by atoms with van der Waals surface area (Å²) in [5.41, 5.74) is 0.834. The normalized spacial score (nSPS) is 26.9. The zero-order valence-electron chi connectivity index (χ0n) is 11.9. The Morgan fingerprint density at radius 3 is 3.00 bits per heavy atom. The van der Waals surface area contributed by atoms with Gasteiger partial charge in [-0.1, -0.05) is 18.0 Å². The lowest BCUT2D eigenvalue weighted by Gasteiger charge is -2.39. The molecule has 0 aromatic heterocycles. The van der Waals surface area contributed by atoms with E-state index in [4.69, 9.17) is 11.6 Å². The van der Waals surface area contributed by atoms with Crippen molar-refractivity contribution in [2.75, 3.05) is 13.1 Å². The molecule has 0 aliphatic carbocycles. The van der Waals surface area contributed by atoms with E-state index in [9.17, 15) is 9.18 Å². The maximum Gasteiger partial charge on any atom is 0.220 e. The Bertz CT molecular complexity index is 537. The second-order valence-corrected chi connectivity index (χ2v) is 6.44. The van der Waals surface area contributed by atoms with Gasteiger partial charge in [0.1, 0.15) is 5.82 Å². The van der Waals surface area contributed by atoms with Gasteiger partial charge in [-0.15, -0.1) is 0 Å². The van der Waals surface area contributed by atoms with Gasteiger partial charge in [0.05, 0.1) is 0 Å². The molecule has 2 saturated heterocycles. The highest BCUT2D eigenvalue weighted by atomic mass is 35.5. The Kier molecular flexibility index (Phi) is 4.45. The van der Waals surface area contributed by atoms with Crippen molar-refractivity contribution in [1.82, 2.24) is 10.2 Å². The van der Waals surface area contributed by atoms with Gasteiger partial charge in [-0.2, -0.15) is 0 Å². The smallest absolute Gasteiger partial charge is 0.220 e. The number of likely N-dealkylation sites (tertiary alicyclic amines) is 1. The number of hydrogen-bond donors (Lipinski definition) is 1. The van der Waals surface area contributed by atoms with Gasteiger partial charge < -0.3 is 5.32 Å². The van der Waals surface area contributed by atoms with Gasteiger partial charge in [0.25, 0.3) is 0 Å². The fourth-order valence-electron chi connectivity index (χ4n) is 3.53. The first-order valence-electron chi connectivity index (χ1n) is 7.58. The zero-order valence-corrected chi connectivity index (χ0v) is 12.7. The van der Waals surface area contributed by atoms with Gasteiger partial charge in [-0.05, 0) is 43.1 Å². The molecule has 0 bridgehead atoms. The van der Waals surface area contributed by atoms with Gasteiger partial charge in [-0.3, -0.25) is 9.69 Å². The van der Waals surface area contributed by atoms with E-state index in [1.807, 2.05) is 0 Å². The molecule has 1 amide bonds. The van der Waals surface area contributed by atoms with Gasteiger partial charge >= 0.3 is 0 Å². The molecule has 0 saturated carbocycles. The van der Waals surface area contributed by atoms with Crippen LogP contribution < -0.4 is 5.32 Å². The van der Waals surface area contributed by atoms with Crippen LogP contribution in [0.3, 0.4) is 0 Å². The summed E-state index contributed by atoms with van der Waals surface area (Å²) < 4.78 is 13.4. The number of halogens is 2. The van der Waals surface area contributed by atoms with E-state index in [-0.39, 0.29) is 11.7 Å². The molecule has 1 N–H and O–H groups in total. The number of benzene rings is 1. The van der Waals surface area contributed by atoms with Crippen LogP contribution in [-0.2, 0) is 11.3 Å². The molecule has 114 valence electrons. The van der Waals surface area contributed by atoms with Crippen molar-refractivity contribution in [1.29, 1.82) is 0 Å². The van der Waals surface area contributed by atoms with E-state index >= 15 is 0 Å². The summed E-state index contributed by atoms with van der Waals surface area (Å²) in [6, 6.07) is 4.91. The Hall–Kier alpha value is -1.13. The first-order chi connectivity index (χ1) is 10.1. The highest BCUT2D eigenvalue weighted by molar-refractivity contribution is 6.31. The van der Waals surface area contributed by atoms with Crippen molar-refractivity contribution < 1.29 is 9.18 Å². The van der Waals surface area contributed by atoms with Crippen LogP contribution in [0.1, 0.15) is 31.2 Å². The number of amides is 1. The average Bonchev–Trinajstić information content (AvgIpc) is 2.90. The van der Waals surface area contributed by atoms with Crippen LogP contribution in [0.2, 0.25) is 5.02 Å². The largest absolute Gasteiger partial charge is 0.356 e. The lowest BCUT2D eigenvalue weighted by molar-refractivity contribution is -0.119. The molecular formula is C16H20ClFN2O. The van der Waals surface area contributed by atoms with E-state index in [0.717, 1.165) is 31.5 Å². The number of carbonyl (C=O) groups is 1. The summed E-state index contributed by atoms with van der Waals surface area (Å²) in [6.07, 6.45) is 4.06. The number of piperidine rings is 1. The fourth-order valence-corrected chi connectivity index (χ4v) is 3.71. The number of nitrogens with one attached hydrogen (secondary N) is 1. The molecule has 5 heteroatoms. The standard InChI is InChI=1S/C16H20ClFN2O/c17-14-5-4-13(18)7-12(14)10-20-6-2-1-3-15(20)11-8-16(21)19-9-11/h4-5,7,11,15H,1-3,6,8-10H2,(H,19,21)/t11-,15-/m1/s1. The SMILES string of the molecule is O=C1C[C@@H]([C@H]2CCCCN2Cc2cc(F)ccc2Cl)CN1. The van der Waals surface area contributed by atoms with Crippen molar-refractivity contribution in [3.63, 3.8) is 0 Å². The number of rotatable bonds is 3. The third-order valence-electron chi connectivity index (χ3n) is 4.60. The molecule has 2 aliphatic heterocycles.